The Morgan fingerprint density at radius 3 is 2.47 bits per heavy atom. The van der Waals surface area contributed by atoms with Crippen LogP contribution in [0.1, 0.15) is 38.7 Å². The molecule has 1 N–H and O–H groups in total. The minimum Gasteiger partial charge on any atom is -0.382 e. The van der Waals surface area contributed by atoms with E-state index in [0.29, 0.717) is 11.8 Å². The number of rotatable bonds is 2. The molecule has 2 rings (SSSR count). The van der Waals surface area contributed by atoms with Gasteiger partial charge in [0.2, 0.25) is 0 Å². The number of alkyl halides is 3. The maximum absolute atomic E-state index is 12.9. The number of benzene rings is 1. The van der Waals surface area contributed by atoms with Crippen LogP contribution < -0.4 is 5.32 Å². The van der Waals surface area contributed by atoms with Crippen LogP contribution in [0.2, 0.25) is 0 Å². The number of halogens is 3. The molecular weight excluding hydrogens is 251 g/mol. The minimum atomic E-state index is -4.30. The van der Waals surface area contributed by atoms with Crippen LogP contribution >= 0.6 is 0 Å². The van der Waals surface area contributed by atoms with E-state index in [1.807, 2.05) is 0 Å². The molecular formula is C15H20F3N. The fourth-order valence-corrected chi connectivity index (χ4v) is 2.84. The van der Waals surface area contributed by atoms with Gasteiger partial charge >= 0.3 is 6.18 Å². The molecule has 1 saturated carbocycles. The normalized spacial score (nSPS) is 28.2. The highest BCUT2D eigenvalue weighted by atomic mass is 19.4. The molecule has 1 aliphatic rings. The maximum atomic E-state index is 12.9. The average Bonchev–Trinajstić information content (AvgIpc) is 2.34. The van der Waals surface area contributed by atoms with E-state index in [4.69, 9.17) is 0 Å². The second kappa shape index (κ2) is 5.43. The van der Waals surface area contributed by atoms with Crippen molar-refractivity contribution >= 4 is 5.69 Å². The standard InChI is InChI=1S/C15H20F3N/c1-10-6-5-9-13(11(10)2)19-14-8-4-3-7-12(14)15(16,17)18/h3-4,7-8,10-11,13,19H,5-6,9H2,1-2H3. The lowest BCUT2D eigenvalue weighted by molar-refractivity contribution is -0.137. The highest BCUT2D eigenvalue weighted by molar-refractivity contribution is 5.53. The summed E-state index contributed by atoms with van der Waals surface area (Å²) >= 11 is 0. The summed E-state index contributed by atoms with van der Waals surface area (Å²) in [5, 5.41) is 3.12. The summed E-state index contributed by atoms with van der Waals surface area (Å²) < 4.78 is 38.8. The molecule has 1 aromatic rings. The van der Waals surface area contributed by atoms with Gasteiger partial charge in [0.15, 0.2) is 0 Å². The molecule has 1 nitrogen and oxygen atoms in total. The maximum Gasteiger partial charge on any atom is 0.418 e. The zero-order valence-electron chi connectivity index (χ0n) is 11.3. The van der Waals surface area contributed by atoms with Crippen molar-refractivity contribution in [2.45, 2.75) is 45.3 Å². The van der Waals surface area contributed by atoms with Crippen LogP contribution in [0.5, 0.6) is 0 Å². The van der Waals surface area contributed by atoms with E-state index in [1.54, 1.807) is 6.07 Å². The molecule has 0 saturated heterocycles. The third-order valence-corrected chi connectivity index (χ3v) is 4.28. The number of anilines is 1. The van der Waals surface area contributed by atoms with Crippen molar-refractivity contribution in [3.63, 3.8) is 0 Å². The number of hydrogen-bond donors (Lipinski definition) is 1. The Bertz CT molecular complexity index is 428. The summed E-state index contributed by atoms with van der Waals surface area (Å²) in [6.45, 7) is 4.30. The lowest BCUT2D eigenvalue weighted by Crippen LogP contribution is -2.35. The summed E-state index contributed by atoms with van der Waals surface area (Å²) in [6.07, 6.45) is -1.11. The summed E-state index contributed by atoms with van der Waals surface area (Å²) in [5.74, 6) is 0.958. The van der Waals surface area contributed by atoms with Crippen LogP contribution in [0, 0.1) is 11.8 Å². The van der Waals surface area contributed by atoms with Gasteiger partial charge in [-0.1, -0.05) is 38.8 Å². The van der Waals surface area contributed by atoms with Gasteiger partial charge < -0.3 is 5.32 Å². The molecule has 1 aromatic carbocycles. The SMILES string of the molecule is CC1CCCC(Nc2ccccc2C(F)(F)F)C1C. The summed E-state index contributed by atoms with van der Waals surface area (Å²) in [5.41, 5.74) is -0.360. The van der Waals surface area contributed by atoms with Gasteiger partial charge in [0.25, 0.3) is 0 Å². The lowest BCUT2D eigenvalue weighted by Gasteiger charge is -2.35. The molecule has 0 aliphatic heterocycles. The Balaban J connectivity index is 2.19. The summed E-state index contributed by atoms with van der Waals surface area (Å²) in [6, 6.07) is 5.87. The predicted molar refractivity (Wildman–Crippen MR) is 71.0 cm³/mol. The van der Waals surface area contributed by atoms with Crippen molar-refractivity contribution in [1.29, 1.82) is 0 Å². The van der Waals surface area contributed by atoms with E-state index in [2.05, 4.69) is 19.2 Å². The van der Waals surface area contributed by atoms with E-state index in [0.717, 1.165) is 18.9 Å². The van der Waals surface area contributed by atoms with E-state index in [9.17, 15) is 13.2 Å². The molecule has 1 fully saturated rings. The number of hydrogen-bond acceptors (Lipinski definition) is 1. The number of para-hydroxylation sites is 1. The van der Waals surface area contributed by atoms with Crippen molar-refractivity contribution < 1.29 is 13.2 Å². The van der Waals surface area contributed by atoms with Crippen molar-refractivity contribution in [2.75, 3.05) is 5.32 Å². The Morgan fingerprint density at radius 1 is 1.11 bits per heavy atom. The second-order valence-corrected chi connectivity index (χ2v) is 5.56. The van der Waals surface area contributed by atoms with Crippen LogP contribution in [0.25, 0.3) is 0 Å². The van der Waals surface area contributed by atoms with Crippen LogP contribution in [0.4, 0.5) is 18.9 Å². The Labute approximate surface area is 112 Å². The van der Waals surface area contributed by atoms with Gasteiger partial charge in [0.1, 0.15) is 0 Å². The topological polar surface area (TPSA) is 12.0 Å². The highest BCUT2D eigenvalue weighted by Gasteiger charge is 2.34. The molecule has 3 unspecified atom stereocenters. The molecule has 0 aromatic heterocycles. The largest absolute Gasteiger partial charge is 0.418 e. The van der Waals surface area contributed by atoms with Crippen LogP contribution in [-0.4, -0.2) is 6.04 Å². The van der Waals surface area contributed by atoms with Gasteiger partial charge in [-0.15, -0.1) is 0 Å². The van der Waals surface area contributed by atoms with Gasteiger partial charge in [0, 0.05) is 11.7 Å². The Kier molecular flexibility index (Phi) is 4.07. The molecule has 0 amide bonds. The smallest absolute Gasteiger partial charge is 0.382 e. The van der Waals surface area contributed by atoms with Crippen molar-refractivity contribution in [1.82, 2.24) is 0 Å². The fraction of sp³-hybridized carbons (Fsp3) is 0.600. The van der Waals surface area contributed by atoms with Gasteiger partial charge in [-0.3, -0.25) is 0 Å². The zero-order valence-corrected chi connectivity index (χ0v) is 11.3. The first kappa shape index (κ1) is 14.2. The van der Waals surface area contributed by atoms with Crippen molar-refractivity contribution in [3.8, 4) is 0 Å². The number of nitrogens with one attached hydrogen (secondary N) is 1. The summed E-state index contributed by atoms with van der Waals surface area (Å²) in [7, 11) is 0. The zero-order chi connectivity index (χ0) is 14.0. The first-order chi connectivity index (χ1) is 8.89. The van der Waals surface area contributed by atoms with Crippen LogP contribution in [-0.2, 0) is 6.18 Å². The molecule has 106 valence electrons. The predicted octanol–water partition coefficient (Wildman–Crippen LogP) is 4.94. The second-order valence-electron chi connectivity index (χ2n) is 5.56. The Hall–Kier alpha value is -1.19. The molecule has 19 heavy (non-hydrogen) atoms. The van der Waals surface area contributed by atoms with E-state index in [1.165, 1.54) is 18.6 Å². The van der Waals surface area contributed by atoms with Crippen molar-refractivity contribution in [2.24, 2.45) is 11.8 Å². The van der Waals surface area contributed by atoms with Crippen LogP contribution in [0.3, 0.4) is 0 Å². The van der Waals surface area contributed by atoms with Crippen molar-refractivity contribution in [3.05, 3.63) is 29.8 Å². The first-order valence-electron chi connectivity index (χ1n) is 6.82. The van der Waals surface area contributed by atoms with Gasteiger partial charge in [0.05, 0.1) is 5.56 Å². The van der Waals surface area contributed by atoms with E-state index < -0.39 is 11.7 Å². The molecule has 0 bridgehead atoms. The van der Waals surface area contributed by atoms with Gasteiger partial charge in [-0.05, 0) is 30.4 Å². The average molecular weight is 271 g/mol. The monoisotopic (exact) mass is 271 g/mol. The highest BCUT2D eigenvalue weighted by Crippen LogP contribution is 2.37. The van der Waals surface area contributed by atoms with Gasteiger partial charge in [-0.25, -0.2) is 0 Å². The molecule has 0 radical (unpaired) electrons. The van der Waals surface area contributed by atoms with Gasteiger partial charge in [-0.2, -0.15) is 13.2 Å². The van der Waals surface area contributed by atoms with E-state index >= 15 is 0 Å². The third-order valence-electron chi connectivity index (χ3n) is 4.28. The van der Waals surface area contributed by atoms with E-state index in [-0.39, 0.29) is 11.7 Å². The first-order valence-corrected chi connectivity index (χ1v) is 6.82. The fourth-order valence-electron chi connectivity index (χ4n) is 2.84. The quantitative estimate of drug-likeness (QED) is 0.803. The third kappa shape index (κ3) is 3.23. The summed E-state index contributed by atoms with van der Waals surface area (Å²) in [4.78, 5) is 0. The molecule has 3 atom stereocenters. The minimum absolute atomic E-state index is 0.132. The Morgan fingerprint density at radius 2 is 1.79 bits per heavy atom. The molecule has 0 spiro atoms. The molecule has 0 heterocycles. The lowest BCUT2D eigenvalue weighted by atomic mass is 9.78. The molecule has 4 heteroatoms. The van der Waals surface area contributed by atoms with Crippen LogP contribution in [0.15, 0.2) is 24.3 Å². The molecule has 1 aliphatic carbocycles.